The van der Waals surface area contributed by atoms with Gasteiger partial charge >= 0.3 is 12.0 Å². The van der Waals surface area contributed by atoms with E-state index in [4.69, 9.17) is 9.15 Å². The molecule has 2 aromatic rings. The van der Waals surface area contributed by atoms with Gasteiger partial charge in [0, 0.05) is 33.1 Å². The lowest BCUT2D eigenvalue weighted by atomic mass is 10.2. The molecule has 0 spiro atoms. The smallest absolute Gasteiger partial charge is 0.433 e. The maximum absolute atomic E-state index is 14.9. The number of ether oxygens (including phenoxy) is 1. The first-order valence-corrected chi connectivity index (χ1v) is 10.5. The molecule has 4 rings (SSSR count). The Morgan fingerprint density at radius 3 is 2.64 bits per heavy atom. The highest BCUT2D eigenvalue weighted by Gasteiger charge is 2.33. The molecule has 0 aliphatic carbocycles. The van der Waals surface area contributed by atoms with Crippen LogP contribution in [0.15, 0.2) is 34.7 Å². The van der Waals surface area contributed by atoms with Crippen molar-refractivity contribution >= 4 is 29.3 Å². The van der Waals surface area contributed by atoms with Gasteiger partial charge in [-0.1, -0.05) is 0 Å². The molecule has 12 heteroatoms. The van der Waals surface area contributed by atoms with Gasteiger partial charge < -0.3 is 19.4 Å². The second-order valence-electron chi connectivity index (χ2n) is 7.95. The summed E-state index contributed by atoms with van der Waals surface area (Å²) >= 11 is 0. The average Bonchev–Trinajstić information content (AvgIpc) is 3.39. The highest BCUT2D eigenvalue weighted by atomic mass is 19.1. The zero-order chi connectivity index (χ0) is 23.5. The zero-order valence-corrected chi connectivity index (χ0v) is 18.0. The molecule has 176 valence electrons. The first kappa shape index (κ1) is 22.5. The quantitative estimate of drug-likeness (QED) is 0.492. The molecular formula is C21H24FN5O6. The van der Waals surface area contributed by atoms with Crippen molar-refractivity contribution in [1.29, 1.82) is 0 Å². The van der Waals surface area contributed by atoms with Crippen LogP contribution in [0.25, 0.3) is 0 Å². The SMILES string of the molecule is CC(=O)NC[C@@H]1CN(c2ccc(N3CCN(Cc4ccc([N+](=O)[O-])o4)CC3)c(F)c2)C(=O)O1. The number of nitrogens with one attached hydrogen (secondary N) is 1. The lowest BCUT2D eigenvalue weighted by Crippen LogP contribution is -2.46. The third-order valence-electron chi connectivity index (χ3n) is 5.62. The second-order valence-corrected chi connectivity index (χ2v) is 7.95. The van der Waals surface area contributed by atoms with Crippen LogP contribution in [0.4, 0.5) is 26.4 Å². The fourth-order valence-electron chi connectivity index (χ4n) is 3.93. The lowest BCUT2D eigenvalue weighted by molar-refractivity contribution is -0.402. The number of hydrogen-bond acceptors (Lipinski definition) is 8. The van der Waals surface area contributed by atoms with Crippen LogP contribution in [-0.2, 0) is 16.1 Å². The summed E-state index contributed by atoms with van der Waals surface area (Å²) in [7, 11) is 0. The molecule has 33 heavy (non-hydrogen) atoms. The van der Waals surface area contributed by atoms with Crippen molar-refractivity contribution in [1.82, 2.24) is 10.2 Å². The van der Waals surface area contributed by atoms with E-state index in [1.165, 1.54) is 24.0 Å². The number of anilines is 2. The Labute approximate surface area is 188 Å². The number of carbonyl (C=O) groups excluding carboxylic acids is 2. The summed E-state index contributed by atoms with van der Waals surface area (Å²) in [5, 5.41) is 13.4. The van der Waals surface area contributed by atoms with Gasteiger partial charge in [0.05, 0.1) is 37.1 Å². The van der Waals surface area contributed by atoms with Gasteiger partial charge in [0.1, 0.15) is 22.6 Å². The van der Waals surface area contributed by atoms with E-state index in [0.29, 0.717) is 49.9 Å². The third kappa shape index (κ3) is 5.22. The predicted molar refractivity (Wildman–Crippen MR) is 116 cm³/mol. The standard InChI is InChI=1S/C21H24FN5O6/c1-14(28)23-11-17-13-26(21(29)33-17)15-2-4-19(18(22)10-15)25-8-6-24(7-9-25)12-16-3-5-20(32-16)27(30)31/h2-5,10,17H,6-9,11-13H2,1H3,(H,23,28)/t17-/m1/s1. The maximum Gasteiger partial charge on any atom is 0.433 e. The number of piperazine rings is 1. The minimum atomic E-state index is -0.579. The van der Waals surface area contributed by atoms with Gasteiger partial charge in [-0.25, -0.2) is 9.18 Å². The Bertz CT molecular complexity index is 1050. The van der Waals surface area contributed by atoms with E-state index < -0.39 is 22.9 Å². The molecule has 1 aromatic carbocycles. The van der Waals surface area contributed by atoms with Crippen molar-refractivity contribution in [2.24, 2.45) is 0 Å². The van der Waals surface area contributed by atoms with Crippen molar-refractivity contribution in [3.8, 4) is 0 Å². The van der Waals surface area contributed by atoms with Gasteiger partial charge in [0.15, 0.2) is 0 Å². The van der Waals surface area contributed by atoms with Crippen LogP contribution in [0.2, 0.25) is 0 Å². The Hall–Kier alpha value is -3.67. The van der Waals surface area contributed by atoms with Gasteiger partial charge in [-0.15, -0.1) is 0 Å². The maximum atomic E-state index is 14.9. The summed E-state index contributed by atoms with van der Waals surface area (Å²) in [6, 6.07) is 7.55. The molecule has 1 N–H and O–H groups in total. The summed E-state index contributed by atoms with van der Waals surface area (Å²) in [4.78, 5) is 38.7. The van der Waals surface area contributed by atoms with Crippen LogP contribution in [0.3, 0.4) is 0 Å². The molecule has 3 heterocycles. The minimum Gasteiger partial charge on any atom is -0.442 e. The van der Waals surface area contributed by atoms with Gasteiger partial charge in [-0.2, -0.15) is 0 Å². The van der Waals surface area contributed by atoms with Crippen molar-refractivity contribution in [3.05, 3.63) is 52.0 Å². The van der Waals surface area contributed by atoms with E-state index in [9.17, 15) is 24.1 Å². The molecule has 0 saturated carbocycles. The lowest BCUT2D eigenvalue weighted by Gasteiger charge is -2.36. The van der Waals surface area contributed by atoms with Crippen LogP contribution in [0.1, 0.15) is 12.7 Å². The molecule has 0 unspecified atom stereocenters. The number of nitrogens with zero attached hydrogens (tertiary/aromatic N) is 4. The fourth-order valence-corrected chi connectivity index (χ4v) is 3.93. The highest BCUT2D eigenvalue weighted by molar-refractivity contribution is 5.90. The number of rotatable bonds is 7. The normalized spacial score (nSPS) is 19.0. The van der Waals surface area contributed by atoms with Crippen LogP contribution in [-0.4, -0.2) is 67.2 Å². The Balaban J connectivity index is 1.33. The van der Waals surface area contributed by atoms with E-state index >= 15 is 0 Å². The van der Waals surface area contributed by atoms with Crippen molar-refractivity contribution in [3.63, 3.8) is 0 Å². The second kappa shape index (κ2) is 9.45. The monoisotopic (exact) mass is 461 g/mol. The number of cyclic esters (lactones) is 1. The topological polar surface area (TPSA) is 121 Å². The van der Waals surface area contributed by atoms with Crippen LogP contribution < -0.4 is 15.1 Å². The minimum absolute atomic E-state index is 0.202. The molecule has 1 aromatic heterocycles. The van der Waals surface area contributed by atoms with Gasteiger partial charge in [-0.05, 0) is 24.3 Å². The van der Waals surface area contributed by atoms with Gasteiger partial charge in [0.2, 0.25) is 5.91 Å². The number of hydrogen-bond donors (Lipinski definition) is 1. The number of furan rings is 1. The summed E-state index contributed by atoms with van der Waals surface area (Å²) < 4.78 is 25.4. The summed E-state index contributed by atoms with van der Waals surface area (Å²) in [5.41, 5.74) is 0.832. The van der Waals surface area contributed by atoms with Crippen LogP contribution in [0.5, 0.6) is 0 Å². The molecule has 2 aliphatic heterocycles. The predicted octanol–water partition coefficient (Wildman–Crippen LogP) is 2.11. The number of nitro groups is 1. The molecule has 0 bridgehead atoms. The third-order valence-corrected chi connectivity index (χ3v) is 5.62. The van der Waals surface area contributed by atoms with Crippen LogP contribution in [0, 0.1) is 15.9 Å². The molecule has 2 fully saturated rings. The van der Waals surface area contributed by atoms with E-state index in [1.807, 2.05) is 4.90 Å². The summed E-state index contributed by atoms with van der Waals surface area (Å²) in [6.07, 6.45) is -1.07. The molecule has 1 atom stereocenters. The molecule has 11 nitrogen and oxygen atoms in total. The number of amides is 2. The number of benzene rings is 1. The van der Waals surface area contributed by atoms with Gasteiger partial charge in [0.25, 0.3) is 0 Å². The Morgan fingerprint density at radius 2 is 2.00 bits per heavy atom. The number of carbonyl (C=O) groups is 2. The molecule has 2 amide bonds. The molecule has 0 radical (unpaired) electrons. The fraction of sp³-hybridized carbons (Fsp3) is 0.429. The van der Waals surface area contributed by atoms with E-state index in [0.717, 1.165) is 0 Å². The van der Waals surface area contributed by atoms with E-state index in [-0.39, 0.29) is 24.9 Å². The van der Waals surface area contributed by atoms with Crippen molar-refractivity contribution < 1.29 is 28.1 Å². The van der Waals surface area contributed by atoms with Gasteiger partial charge in [-0.3, -0.25) is 24.7 Å². The summed E-state index contributed by atoms with van der Waals surface area (Å²) in [5.74, 6) is -0.430. The van der Waals surface area contributed by atoms with Crippen molar-refractivity contribution in [2.45, 2.75) is 19.6 Å². The van der Waals surface area contributed by atoms with E-state index in [1.54, 1.807) is 18.2 Å². The average molecular weight is 461 g/mol. The van der Waals surface area contributed by atoms with Crippen molar-refractivity contribution in [2.75, 3.05) is 49.1 Å². The first-order valence-electron chi connectivity index (χ1n) is 10.5. The Morgan fingerprint density at radius 1 is 1.24 bits per heavy atom. The summed E-state index contributed by atoms with van der Waals surface area (Å²) in [6.45, 7) is 4.67. The van der Waals surface area contributed by atoms with Crippen LogP contribution >= 0.6 is 0 Å². The van der Waals surface area contributed by atoms with E-state index in [2.05, 4.69) is 10.2 Å². The largest absolute Gasteiger partial charge is 0.442 e. The first-order chi connectivity index (χ1) is 15.8. The highest BCUT2D eigenvalue weighted by Crippen LogP contribution is 2.29. The molecular weight excluding hydrogens is 437 g/mol. The molecule has 2 aliphatic rings. The Kier molecular flexibility index (Phi) is 6.45. The number of halogens is 1. The molecule has 2 saturated heterocycles. The zero-order valence-electron chi connectivity index (χ0n) is 18.0.